The van der Waals surface area contributed by atoms with E-state index in [4.69, 9.17) is 0 Å². The maximum absolute atomic E-state index is 12.4. The van der Waals surface area contributed by atoms with E-state index in [0.717, 1.165) is 51.4 Å². The van der Waals surface area contributed by atoms with Crippen LogP contribution in [0.1, 0.15) is 71.1 Å². The summed E-state index contributed by atoms with van der Waals surface area (Å²) < 4.78 is 0. The first-order chi connectivity index (χ1) is 10.9. The third-order valence-corrected chi connectivity index (χ3v) is 5.21. The van der Waals surface area contributed by atoms with Gasteiger partial charge in [-0.3, -0.25) is 9.59 Å². The normalized spacial score (nSPS) is 22.8. The minimum Gasteiger partial charge on any atom is -0.480 e. The summed E-state index contributed by atoms with van der Waals surface area (Å²) in [4.78, 5) is 36.2. The predicted octanol–water partition coefficient (Wildman–Crippen LogP) is 1.98. The summed E-state index contributed by atoms with van der Waals surface area (Å²) in [5.74, 6) is -1.46. The topological polar surface area (TPSA) is 95.5 Å². The highest BCUT2D eigenvalue weighted by Crippen LogP contribution is 2.28. The highest BCUT2D eigenvalue weighted by molar-refractivity contribution is 5.92. The van der Waals surface area contributed by atoms with Crippen LogP contribution in [0.15, 0.2) is 0 Å². The molecule has 2 fully saturated rings. The Morgan fingerprint density at radius 2 is 1.57 bits per heavy atom. The molecule has 0 spiro atoms. The Labute approximate surface area is 137 Å². The maximum Gasteiger partial charge on any atom is 0.329 e. The molecule has 0 aromatic rings. The van der Waals surface area contributed by atoms with Gasteiger partial charge in [-0.25, -0.2) is 4.79 Å². The molecule has 0 aromatic heterocycles. The molecule has 0 bridgehead atoms. The summed E-state index contributed by atoms with van der Waals surface area (Å²) in [6, 6.07) is -0.706. The molecule has 0 aliphatic heterocycles. The van der Waals surface area contributed by atoms with Crippen LogP contribution < -0.4 is 10.6 Å². The Hall–Kier alpha value is -1.59. The van der Waals surface area contributed by atoms with Crippen LogP contribution in [0.2, 0.25) is 0 Å². The van der Waals surface area contributed by atoms with Crippen LogP contribution in [0.4, 0.5) is 0 Å². The second kappa shape index (κ2) is 7.79. The maximum atomic E-state index is 12.4. The summed E-state index contributed by atoms with van der Waals surface area (Å²) in [5, 5.41) is 15.1. The van der Waals surface area contributed by atoms with Gasteiger partial charge in [0.1, 0.15) is 11.6 Å². The first-order valence-corrected chi connectivity index (χ1v) is 8.80. The van der Waals surface area contributed by atoms with Crippen molar-refractivity contribution >= 4 is 17.8 Å². The monoisotopic (exact) mass is 324 g/mol. The van der Waals surface area contributed by atoms with Crippen LogP contribution in [0.3, 0.4) is 0 Å². The molecule has 3 N–H and O–H groups in total. The predicted molar refractivity (Wildman–Crippen MR) is 85.8 cm³/mol. The average molecular weight is 324 g/mol. The number of nitrogens with one attached hydrogen (secondary N) is 2. The fourth-order valence-corrected chi connectivity index (χ4v) is 3.65. The summed E-state index contributed by atoms with van der Waals surface area (Å²) in [6.07, 6.45) is 8.37. The van der Waals surface area contributed by atoms with E-state index < -0.39 is 23.5 Å². The smallest absolute Gasteiger partial charge is 0.329 e. The van der Waals surface area contributed by atoms with Gasteiger partial charge >= 0.3 is 5.97 Å². The fourth-order valence-electron chi connectivity index (χ4n) is 3.65. The van der Waals surface area contributed by atoms with Gasteiger partial charge in [-0.15, -0.1) is 0 Å². The number of carbonyl (C=O) groups is 3. The number of aliphatic carboxylic acids is 1. The van der Waals surface area contributed by atoms with Crippen molar-refractivity contribution < 1.29 is 19.5 Å². The Balaban J connectivity index is 1.94. The van der Waals surface area contributed by atoms with Gasteiger partial charge in [-0.2, -0.15) is 0 Å². The van der Waals surface area contributed by atoms with Gasteiger partial charge in [0.25, 0.3) is 0 Å². The van der Waals surface area contributed by atoms with Gasteiger partial charge in [0.2, 0.25) is 11.8 Å². The molecule has 2 rings (SSSR count). The first kappa shape index (κ1) is 17.8. The minimum absolute atomic E-state index is 0.00318. The zero-order valence-corrected chi connectivity index (χ0v) is 13.9. The highest BCUT2D eigenvalue weighted by Gasteiger charge is 2.41. The molecule has 2 aliphatic rings. The van der Waals surface area contributed by atoms with Crippen LogP contribution in [0.25, 0.3) is 0 Å². The average Bonchev–Trinajstić information content (AvgIpc) is 2.94. The van der Waals surface area contributed by atoms with Crippen molar-refractivity contribution in [3.63, 3.8) is 0 Å². The number of amides is 2. The van der Waals surface area contributed by atoms with Crippen LogP contribution in [0, 0.1) is 5.92 Å². The third-order valence-electron chi connectivity index (χ3n) is 5.21. The molecule has 0 saturated heterocycles. The van der Waals surface area contributed by atoms with Crippen molar-refractivity contribution in [2.45, 2.75) is 82.7 Å². The second-order valence-corrected chi connectivity index (χ2v) is 7.00. The molecule has 2 saturated carbocycles. The minimum atomic E-state index is -1.18. The van der Waals surface area contributed by atoms with Crippen molar-refractivity contribution in [3.05, 3.63) is 0 Å². The van der Waals surface area contributed by atoms with Crippen molar-refractivity contribution in [1.82, 2.24) is 10.6 Å². The molecule has 6 heteroatoms. The molecule has 0 aromatic carbocycles. The summed E-state index contributed by atoms with van der Waals surface area (Å²) >= 11 is 0. The van der Waals surface area contributed by atoms with Crippen molar-refractivity contribution in [3.8, 4) is 0 Å². The van der Waals surface area contributed by atoms with E-state index in [-0.39, 0.29) is 11.8 Å². The number of carbonyl (C=O) groups excluding carboxylic acids is 2. The van der Waals surface area contributed by atoms with Crippen molar-refractivity contribution in [2.75, 3.05) is 0 Å². The zero-order valence-electron chi connectivity index (χ0n) is 13.9. The standard InChI is InChI=1S/C17H28N2O4/c1-12(18-15(21)13-8-4-5-9-13)14(20)19-17(16(22)23)10-6-2-3-7-11-17/h12-13H,2-11H2,1H3,(H,18,21)(H,19,20)(H,22,23). The molecule has 2 aliphatic carbocycles. The quantitative estimate of drug-likeness (QED) is 0.674. The Bertz CT molecular complexity index is 450. The van der Waals surface area contributed by atoms with Gasteiger partial charge in [-0.05, 0) is 32.6 Å². The zero-order chi connectivity index (χ0) is 16.9. The lowest BCUT2D eigenvalue weighted by molar-refractivity contribution is -0.148. The molecule has 1 atom stereocenters. The molecular formula is C17H28N2O4. The van der Waals surface area contributed by atoms with Crippen LogP contribution in [0.5, 0.6) is 0 Å². The van der Waals surface area contributed by atoms with Crippen LogP contribution in [-0.4, -0.2) is 34.5 Å². The van der Waals surface area contributed by atoms with Gasteiger partial charge in [0.15, 0.2) is 0 Å². The van der Waals surface area contributed by atoms with Gasteiger partial charge in [0.05, 0.1) is 0 Å². The molecular weight excluding hydrogens is 296 g/mol. The lowest BCUT2D eigenvalue weighted by Gasteiger charge is -2.31. The third kappa shape index (κ3) is 4.45. The Morgan fingerprint density at radius 1 is 1.00 bits per heavy atom. The van der Waals surface area contributed by atoms with Gasteiger partial charge < -0.3 is 15.7 Å². The van der Waals surface area contributed by atoms with E-state index in [9.17, 15) is 19.5 Å². The lowest BCUT2D eigenvalue weighted by Crippen LogP contribution is -2.58. The van der Waals surface area contributed by atoms with Crippen molar-refractivity contribution in [1.29, 1.82) is 0 Å². The number of carboxylic acids is 1. The summed E-state index contributed by atoms with van der Waals surface area (Å²) in [5.41, 5.74) is -1.18. The van der Waals surface area contributed by atoms with Gasteiger partial charge in [-0.1, -0.05) is 38.5 Å². The molecule has 0 heterocycles. The second-order valence-electron chi connectivity index (χ2n) is 7.00. The summed E-state index contributed by atoms with van der Waals surface area (Å²) in [7, 11) is 0. The molecule has 1 unspecified atom stereocenters. The van der Waals surface area contributed by atoms with E-state index in [1.54, 1.807) is 6.92 Å². The molecule has 130 valence electrons. The largest absolute Gasteiger partial charge is 0.480 e. The van der Waals surface area contributed by atoms with Crippen LogP contribution in [-0.2, 0) is 14.4 Å². The molecule has 0 radical (unpaired) electrons. The van der Waals surface area contributed by atoms with E-state index in [2.05, 4.69) is 10.6 Å². The van der Waals surface area contributed by atoms with Crippen LogP contribution >= 0.6 is 0 Å². The van der Waals surface area contributed by atoms with E-state index in [1.165, 1.54) is 0 Å². The summed E-state index contributed by atoms with van der Waals surface area (Å²) in [6.45, 7) is 1.62. The lowest BCUT2D eigenvalue weighted by atomic mass is 9.90. The van der Waals surface area contributed by atoms with E-state index in [0.29, 0.717) is 12.8 Å². The number of rotatable bonds is 5. The van der Waals surface area contributed by atoms with Gasteiger partial charge in [0, 0.05) is 5.92 Å². The van der Waals surface area contributed by atoms with Crippen molar-refractivity contribution in [2.24, 2.45) is 5.92 Å². The van der Waals surface area contributed by atoms with E-state index in [1.807, 2.05) is 0 Å². The first-order valence-electron chi connectivity index (χ1n) is 8.80. The number of hydrogen-bond donors (Lipinski definition) is 3. The molecule has 23 heavy (non-hydrogen) atoms. The molecule has 2 amide bonds. The SMILES string of the molecule is CC(NC(=O)C1CCCC1)C(=O)NC1(C(=O)O)CCCCCC1. The molecule has 6 nitrogen and oxygen atoms in total. The Kier molecular flexibility index (Phi) is 6.02. The van der Waals surface area contributed by atoms with E-state index >= 15 is 0 Å². The Morgan fingerprint density at radius 3 is 2.09 bits per heavy atom. The number of hydrogen-bond acceptors (Lipinski definition) is 3. The fraction of sp³-hybridized carbons (Fsp3) is 0.824. The number of carboxylic acid groups (broad SMARTS) is 1. The highest BCUT2D eigenvalue weighted by atomic mass is 16.4.